The first kappa shape index (κ1) is 23.2. The first-order valence-electron chi connectivity index (χ1n) is 9.31. The fourth-order valence-corrected chi connectivity index (χ4v) is 3.34. The SMILES string of the molecule is O=C(CNC(=O)c1cc(NC2=NCCN2)n[nH]1)N[C@@H](Cc1cc(Cl)cc(Cl)c1O)C(=O)O. The number of amides is 2. The van der Waals surface area contributed by atoms with E-state index in [0.717, 1.165) is 0 Å². The highest BCUT2D eigenvalue weighted by Gasteiger charge is 2.23. The number of carbonyl (C=O) groups is 3. The molecule has 3 rings (SSSR count). The lowest BCUT2D eigenvalue weighted by Crippen LogP contribution is -2.46. The molecule has 2 amide bonds. The average molecular weight is 484 g/mol. The van der Waals surface area contributed by atoms with E-state index in [4.69, 9.17) is 23.2 Å². The number of carboxylic acid groups (broad SMARTS) is 1. The molecule has 0 saturated carbocycles. The van der Waals surface area contributed by atoms with Crippen molar-refractivity contribution in [3.63, 3.8) is 0 Å². The predicted molar refractivity (Wildman–Crippen MR) is 116 cm³/mol. The summed E-state index contributed by atoms with van der Waals surface area (Å²) in [5, 5.41) is 36.5. The Hall–Kier alpha value is -3.51. The van der Waals surface area contributed by atoms with Crippen LogP contribution >= 0.6 is 23.2 Å². The van der Waals surface area contributed by atoms with Gasteiger partial charge in [0, 0.05) is 24.1 Å². The molecule has 32 heavy (non-hydrogen) atoms. The number of phenolic OH excluding ortho intramolecular Hbond substituents is 1. The van der Waals surface area contributed by atoms with E-state index >= 15 is 0 Å². The van der Waals surface area contributed by atoms with Gasteiger partial charge in [0.2, 0.25) is 5.91 Å². The van der Waals surface area contributed by atoms with Gasteiger partial charge in [0.15, 0.2) is 11.8 Å². The molecule has 1 aliphatic rings. The molecule has 0 unspecified atom stereocenters. The Balaban J connectivity index is 1.54. The van der Waals surface area contributed by atoms with Gasteiger partial charge in [-0.3, -0.25) is 19.7 Å². The van der Waals surface area contributed by atoms with Gasteiger partial charge < -0.3 is 31.5 Å². The summed E-state index contributed by atoms with van der Waals surface area (Å²) >= 11 is 11.7. The number of aromatic hydroxyl groups is 1. The molecule has 7 N–H and O–H groups in total. The molecule has 1 aromatic carbocycles. The Morgan fingerprint density at radius 1 is 1.22 bits per heavy atom. The van der Waals surface area contributed by atoms with E-state index in [0.29, 0.717) is 24.9 Å². The number of anilines is 1. The molecule has 1 atom stereocenters. The van der Waals surface area contributed by atoms with Crippen LogP contribution in [0.1, 0.15) is 16.1 Å². The van der Waals surface area contributed by atoms with Crippen molar-refractivity contribution in [1.82, 2.24) is 26.1 Å². The van der Waals surface area contributed by atoms with Crippen molar-refractivity contribution in [3.8, 4) is 5.75 Å². The maximum Gasteiger partial charge on any atom is 0.326 e. The van der Waals surface area contributed by atoms with Crippen LogP contribution in [0, 0.1) is 0 Å². The topological polar surface area (TPSA) is 181 Å². The second-order valence-corrected chi connectivity index (χ2v) is 7.53. The predicted octanol–water partition coefficient (Wildman–Crippen LogP) is 0.335. The number of aliphatic imine (C=N–C) groups is 1. The Kier molecular flexibility index (Phi) is 7.38. The highest BCUT2D eigenvalue weighted by molar-refractivity contribution is 6.35. The van der Waals surface area contributed by atoms with Crippen molar-refractivity contribution >= 4 is 52.8 Å². The second-order valence-electron chi connectivity index (χ2n) is 6.69. The first-order chi connectivity index (χ1) is 15.2. The summed E-state index contributed by atoms with van der Waals surface area (Å²) in [5.41, 5.74) is 0.241. The Morgan fingerprint density at radius 3 is 2.69 bits per heavy atom. The number of aromatic amines is 1. The minimum atomic E-state index is -1.39. The Morgan fingerprint density at radius 2 is 2.00 bits per heavy atom. The number of phenols is 1. The van der Waals surface area contributed by atoms with E-state index in [2.05, 4.69) is 36.5 Å². The number of benzene rings is 1. The molecule has 0 aliphatic carbocycles. The van der Waals surface area contributed by atoms with Gasteiger partial charge in [0.1, 0.15) is 17.5 Å². The third-order valence-electron chi connectivity index (χ3n) is 4.32. The van der Waals surface area contributed by atoms with E-state index in [-0.39, 0.29) is 33.5 Å². The van der Waals surface area contributed by atoms with Crippen molar-refractivity contribution in [3.05, 3.63) is 39.5 Å². The minimum Gasteiger partial charge on any atom is -0.506 e. The fourth-order valence-electron chi connectivity index (χ4n) is 2.80. The molecule has 1 aromatic heterocycles. The number of carbonyl (C=O) groups excluding carboxylic acids is 2. The quantitative estimate of drug-likeness (QED) is 0.280. The van der Waals surface area contributed by atoms with Crippen molar-refractivity contribution in [2.45, 2.75) is 12.5 Å². The van der Waals surface area contributed by atoms with Crippen molar-refractivity contribution in [2.75, 3.05) is 25.0 Å². The number of aliphatic carboxylic acids is 1. The molecule has 170 valence electrons. The van der Waals surface area contributed by atoms with Crippen LogP contribution in [-0.4, -0.2) is 69.8 Å². The van der Waals surface area contributed by atoms with Crippen LogP contribution < -0.4 is 21.3 Å². The van der Waals surface area contributed by atoms with Crippen LogP contribution in [0.2, 0.25) is 10.0 Å². The standard InChI is InChI=1S/C18H19Cl2N7O5/c19-9-3-8(15(29)10(20)5-9)4-12(17(31)32)24-14(28)7-23-16(30)11-6-13(27-26-11)25-18-21-1-2-22-18/h3,5-6,12,29H,1-2,4,7H2,(H,23,30)(H,24,28)(H,31,32)(H3,21,22,25,26,27)/t12-/m0/s1. The minimum absolute atomic E-state index is 0.0422. The average Bonchev–Trinajstić information content (AvgIpc) is 3.41. The number of nitrogens with zero attached hydrogens (tertiary/aromatic N) is 2. The van der Waals surface area contributed by atoms with Gasteiger partial charge in [-0.1, -0.05) is 23.2 Å². The molecule has 0 bridgehead atoms. The summed E-state index contributed by atoms with van der Waals surface area (Å²) < 4.78 is 0. The molecule has 2 aromatic rings. The van der Waals surface area contributed by atoms with Crippen molar-refractivity contribution < 1.29 is 24.6 Å². The van der Waals surface area contributed by atoms with Gasteiger partial charge in [-0.05, 0) is 17.7 Å². The number of hydrogen-bond acceptors (Lipinski definition) is 8. The molecule has 0 radical (unpaired) electrons. The number of hydrogen-bond donors (Lipinski definition) is 7. The number of carboxylic acids is 1. The second kappa shape index (κ2) is 10.2. The van der Waals surface area contributed by atoms with E-state index in [1.807, 2.05) is 0 Å². The van der Waals surface area contributed by atoms with E-state index in [9.17, 15) is 24.6 Å². The zero-order valence-electron chi connectivity index (χ0n) is 16.4. The van der Waals surface area contributed by atoms with Gasteiger partial charge in [-0.15, -0.1) is 0 Å². The van der Waals surface area contributed by atoms with Gasteiger partial charge in [-0.25, -0.2) is 4.79 Å². The van der Waals surface area contributed by atoms with Crippen LogP contribution in [0.5, 0.6) is 5.75 Å². The highest BCUT2D eigenvalue weighted by Crippen LogP contribution is 2.31. The Bertz CT molecular complexity index is 1070. The third kappa shape index (κ3) is 6.02. The lowest BCUT2D eigenvalue weighted by molar-refractivity contribution is -0.141. The molecule has 0 spiro atoms. The molecule has 0 saturated heterocycles. The Labute approximate surface area is 191 Å². The van der Waals surface area contributed by atoms with E-state index < -0.39 is 30.4 Å². The maximum absolute atomic E-state index is 12.2. The maximum atomic E-state index is 12.2. The number of nitrogens with one attached hydrogen (secondary N) is 5. The summed E-state index contributed by atoms with van der Waals surface area (Å²) in [7, 11) is 0. The fraction of sp³-hybridized carbons (Fsp3) is 0.278. The molecular weight excluding hydrogens is 465 g/mol. The molecule has 12 nitrogen and oxygen atoms in total. The molecule has 2 heterocycles. The zero-order chi connectivity index (χ0) is 23.3. The van der Waals surface area contributed by atoms with Crippen molar-refractivity contribution in [2.24, 2.45) is 4.99 Å². The summed E-state index contributed by atoms with van der Waals surface area (Å²) in [6.07, 6.45) is -0.269. The monoisotopic (exact) mass is 483 g/mol. The molecule has 0 fully saturated rings. The molecule has 14 heteroatoms. The van der Waals surface area contributed by atoms with Crippen molar-refractivity contribution in [1.29, 1.82) is 0 Å². The number of H-pyrrole nitrogens is 1. The summed E-state index contributed by atoms with van der Waals surface area (Å²) in [6.45, 7) is 0.855. The van der Waals surface area contributed by atoms with Crippen LogP contribution in [-0.2, 0) is 16.0 Å². The smallest absolute Gasteiger partial charge is 0.326 e. The summed E-state index contributed by atoms with van der Waals surface area (Å²) in [6, 6.07) is 2.70. The lowest BCUT2D eigenvalue weighted by Gasteiger charge is -2.16. The van der Waals surface area contributed by atoms with Crippen LogP contribution in [0.25, 0.3) is 0 Å². The van der Waals surface area contributed by atoms with Crippen LogP contribution in [0.3, 0.4) is 0 Å². The van der Waals surface area contributed by atoms with Gasteiger partial charge in [0.25, 0.3) is 5.91 Å². The largest absolute Gasteiger partial charge is 0.506 e. The van der Waals surface area contributed by atoms with Crippen LogP contribution in [0.15, 0.2) is 23.2 Å². The third-order valence-corrected chi connectivity index (χ3v) is 4.82. The zero-order valence-corrected chi connectivity index (χ0v) is 17.9. The molecular formula is C18H19Cl2N7O5. The number of guanidine groups is 1. The summed E-state index contributed by atoms with van der Waals surface area (Å²) in [5.74, 6) is -2.14. The van der Waals surface area contributed by atoms with Gasteiger partial charge >= 0.3 is 5.97 Å². The number of halogens is 2. The lowest BCUT2D eigenvalue weighted by atomic mass is 10.0. The normalized spacial score (nSPS) is 13.6. The van der Waals surface area contributed by atoms with Crippen LogP contribution in [0.4, 0.5) is 5.82 Å². The number of aromatic nitrogens is 2. The summed E-state index contributed by atoms with van der Waals surface area (Å²) in [4.78, 5) is 40.1. The van der Waals surface area contributed by atoms with Gasteiger partial charge in [0.05, 0.1) is 18.1 Å². The van der Waals surface area contributed by atoms with E-state index in [1.165, 1.54) is 18.2 Å². The highest BCUT2D eigenvalue weighted by atomic mass is 35.5. The first-order valence-corrected chi connectivity index (χ1v) is 10.1. The number of rotatable bonds is 8. The van der Waals surface area contributed by atoms with Gasteiger partial charge in [-0.2, -0.15) is 5.10 Å². The van der Waals surface area contributed by atoms with E-state index in [1.54, 1.807) is 0 Å². The molecule has 1 aliphatic heterocycles.